The molecule has 1 aromatic heterocycles. The molecule has 0 saturated carbocycles. The van der Waals surface area contributed by atoms with Crippen LogP contribution in [0.1, 0.15) is 61.0 Å². The van der Waals surface area contributed by atoms with E-state index in [0.717, 1.165) is 0 Å². The van der Waals surface area contributed by atoms with E-state index in [1.54, 1.807) is 44.2 Å². The number of guanidine groups is 1. The zero-order chi connectivity index (χ0) is 49.1. The number of aliphatic imine (C=N–C) groups is 1. The largest absolute Gasteiger partial charge is 0.494 e. The number of carbonyl (C=O) groups excluding carboxylic acids is 6. The molecule has 6 amide bonds. The maximum atomic E-state index is 13.8. The van der Waals surface area contributed by atoms with E-state index in [9.17, 15) is 51.6 Å². The quantitative estimate of drug-likeness (QED) is 0.0240. The van der Waals surface area contributed by atoms with Crippen LogP contribution in [0.2, 0.25) is 0 Å². The molecule has 3 aromatic rings. The van der Waals surface area contributed by atoms with Crippen LogP contribution in [0.25, 0.3) is 0 Å². The van der Waals surface area contributed by atoms with Gasteiger partial charge in [0.25, 0.3) is 16.0 Å². The maximum absolute atomic E-state index is 13.8. The third kappa shape index (κ3) is 17.4. The second-order valence-corrected chi connectivity index (χ2v) is 16.8. The average Bonchev–Trinajstić information content (AvgIpc) is 3.27. The first-order valence-corrected chi connectivity index (χ1v) is 22.4. The van der Waals surface area contributed by atoms with Crippen molar-refractivity contribution >= 4 is 63.3 Å². The van der Waals surface area contributed by atoms with Crippen LogP contribution in [0.3, 0.4) is 0 Å². The summed E-state index contributed by atoms with van der Waals surface area (Å²) in [5.74, 6) is -6.07. The normalized spacial score (nSPS) is 18.6. The van der Waals surface area contributed by atoms with Crippen molar-refractivity contribution in [2.45, 2.75) is 81.6 Å². The molecule has 360 valence electrons. The molecule has 1 aliphatic rings. The van der Waals surface area contributed by atoms with Gasteiger partial charge in [0.15, 0.2) is 11.8 Å². The monoisotopic (exact) mass is 950 g/mol. The highest BCUT2D eigenvalue weighted by Gasteiger charge is 2.34. The molecular weight excluding hydrogens is 897 g/mol. The van der Waals surface area contributed by atoms with E-state index in [4.69, 9.17) is 16.2 Å². The van der Waals surface area contributed by atoms with Gasteiger partial charge in [0.1, 0.15) is 29.9 Å². The molecule has 0 spiro atoms. The zero-order valence-electron chi connectivity index (χ0n) is 36.6. The zero-order valence-corrected chi connectivity index (χ0v) is 37.5. The number of carbonyl (C=O) groups is 7. The molecule has 12 N–H and O–H groups in total. The Labute approximate surface area is 385 Å². The molecule has 67 heavy (non-hydrogen) atoms. The van der Waals surface area contributed by atoms with E-state index < -0.39 is 94.6 Å². The molecule has 0 aliphatic carbocycles. The Hall–Kier alpha value is -7.54. The predicted octanol–water partition coefficient (Wildman–Crippen LogP) is -0.393. The van der Waals surface area contributed by atoms with Crippen LogP contribution in [0.15, 0.2) is 87.0 Å². The number of aromatic nitrogens is 1. The Bertz CT molecular complexity index is 2410. The highest BCUT2D eigenvalue weighted by molar-refractivity contribution is 7.85. The lowest BCUT2D eigenvalue weighted by Crippen LogP contribution is -2.59. The summed E-state index contributed by atoms with van der Waals surface area (Å²) in [6.07, 6.45) is 1.03. The van der Waals surface area contributed by atoms with Crippen LogP contribution in [0.5, 0.6) is 5.75 Å². The van der Waals surface area contributed by atoms with Crippen molar-refractivity contribution in [1.29, 1.82) is 0 Å². The first kappa shape index (κ1) is 52.1. The second-order valence-electron chi connectivity index (χ2n) is 15.4. The van der Waals surface area contributed by atoms with Crippen molar-refractivity contribution < 1.29 is 56.4 Å². The van der Waals surface area contributed by atoms with Gasteiger partial charge in [-0.1, -0.05) is 44.2 Å². The minimum atomic E-state index is -4.43. The number of benzene rings is 2. The summed E-state index contributed by atoms with van der Waals surface area (Å²) < 4.78 is 38.4. The summed E-state index contributed by atoms with van der Waals surface area (Å²) >= 11 is 0. The van der Waals surface area contributed by atoms with Gasteiger partial charge in [-0.3, -0.25) is 43.1 Å². The maximum Gasteiger partial charge on any atom is 0.305 e. The van der Waals surface area contributed by atoms with Crippen LogP contribution in [-0.4, -0.2) is 121 Å². The smallest absolute Gasteiger partial charge is 0.305 e. The predicted molar refractivity (Wildman–Crippen MR) is 239 cm³/mol. The summed E-state index contributed by atoms with van der Waals surface area (Å²) in [5, 5.41) is 32.6. The van der Waals surface area contributed by atoms with Crippen LogP contribution in [0, 0.1) is 5.92 Å². The van der Waals surface area contributed by atoms with Crippen molar-refractivity contribution in [3.05, 3.63) is 83.6 Å². The van der Waals surface area contributed by atoms with Gasteiger partial charge in [0, 0.05) is 25.7 Å². The third-order valence-electron chi connectivity index (χ3n) is 9.83. The second kappa shape index (κ2) is 25.2. The summed E-state index contributed by atoms with van der Waals surface area (Å²) in [7, 11) is -4.43. The van der Waals surface area contributed by atoms with Gasteiger partial charge in [-0.25, -0.2) is 4.98 Å². The van der Waals surface area contributed by atoms with E-state index in [0.29, 0.717) is 17.7 Å². The van der Waals surface area contributed by atoms with Crippen LogP contribution >= 0.6 is 0 Å². The third-order valence-corrected chi connectivity index (χ3v) is 10.8. The Morgan fingerprint density at radius 3 is 2.24 bits per heavy atom. The van der Waals surface area contributed by atoms with Crippen LogP contribution in [0.4, 0.5) is 5.82 Å². The number of ether oxygens (including phenoxy) is 1. The van der Waals surface area contributed by atoms with Crippen molar-refractivity contribution in [1.82, 2.24) is 36.9 Å². The summed E-state index contributed by atoms with van der Waals surface area (Å²) in [4.78, 5) is 99.1. The van der Waals surface area contributed by atoms with E-state index in [1.807, 2.05) is 0 Å². The van der Waals surface area contributed by atoms with Crippen LogP contribution < -0.4 is 48.1 Å². The number of nitrogens with two attached hydrogens (primary N) is 2. The molecule has 25 heteroatoms. The molecule has 1 aliphatic heterocycles. The minimum Gasteiger partial charge on any atom is -0.494 e. The van der Waals surface area contributed by atoms with Crippen molar-refractivity contribution in [3.8, 4) is 5.75 Å². The average molecular weight is 951 g/mol. The van der Waals surface area contributed by atoms with Crippen molar-refractivity contribution in [2.75, 3.05) is 26.2 Å². The van der Waals surface area contributed by atoms with Gasteiger partial charge in [0.2, 0.25) is 29.5 Å². The Kier molecular flexibility index (Phi) is 19.6. The summed E-state index contributed by atoms with van der Waals surface area (Å²) in [5.41, 5.74) is 11.8. The lowest BCUT2D eigenvalue weighted by atomic mass is 9.99. The van der Waals surface area contributed by atoms with Gasteiger partial charge in [0.05, 0.1) is 36.6 Å². The molecule has 24 nitrogen and oxygen atoms in total. The number of pyridine rings is 1. The fourth-order valence-corrected chi connectivity index (χ4v) is 7.11. The molecule has 2 heterocycles. The Balaban J connectivity index is 1.36. The van der Waals surface area contributed by atoms with E-state index >= 15 is 0 Å². The number of carboxylic acids is 1. The lowest BCUT2D eigenvalue weighted by Gasteiger charge is -2.27. The number of carboxylic acid groups (broad SMARTS) is 1. The van der Waals surface area contributed by atoms with Crippen LogP contribution in [-0.2, 0) is 51.9 Å². The molecule has 0 bridgehead atoms. The number of hydrogen-bond donors (Lipinski definition) is 10. The minimum absolute atomic E-state index is 0.0472. The van der Waals surface area contributed by atoms with Crippen molar-refractivity contribution in [2.24, 2.45) is 32.6 Å². The Morgan fingerprint density at radius 1 is 0.881 bits per heavy atom. The summed E-state index contributed by atoms with van der Waals surface area (Å²) in [6.45, 7) is 3.11. The van der Waals surface area contributed by atoms with Gasteiger partial charge < -0.3 is 53.2 Å². The first-order valence-electron chi connectivity index (χ1n) is 20.9. The van der Waals surface area contributed by atoms with Gasteiger partial charge in [-0.05, 0) is 66.6 Å². The Morgan fingerprint density at radius 2 is 1.58 bits per heavy atom. The number of nitrogens with one attached hydrogen (secondary N) is 6. The highest BCUT2D eigenvalue weighted by Crippen LogP contribution is 2.18. The SMILES string of the molecule is CC(C)[C@H]1NC(=O)C(CCCN=C(N)N)NC(=O)CNC(=O)C(CC(=O)O)NC(=O)[C@@H](Cc2ccc(OCCCNC(=O)c3ccc(N=NCc4ccccc4S(=O)(=O)O)nc3)cc2)NC1=O. The van der Waals surface area contributed by atoms with E-state index in [1.165, 1.54) is 36.5 Å². The molecule has 1 saturated heterocycles. The topological polar surface area (TPSA) is 378 Å². The van der Waals surface area contributed by atoms with Gasteiger partial charge in [-0.2, -0.15) is 13.5 Å². The van der Waals surface area contributed by atoms with Gasteiger partial charge in [-0.15, -0.1) is 5.11 Å². The highest BCUT2D eigenvalue weighted by atomic mass is 32.2. The molecule has 2 unspecified atom stereocenters. The number of aliphatic carboxylic acids is 1. The molecule has 4 rings (SSSR count). The molecule has 1 fully saturated rings. The molecular formula is C42H54N12O12S. The number of nitrogens with zero attached hydrogens (tertiary/aromatic N) is 4. The fraction of sp³-hybridized carbons (Fsp3) is 0.405. The number of rotatable bonds is 19. The first-order chi connectivity index (χ1) is 31.8. The fourth-order valence-electron chi connectivity index (χ4n) is 6.40. The van der Waals surface area contributed by atoms with E-state index in [2.05, 4.69) is 52.1 Å². The number of hydrogen-bond acceptors (Lipinski definition) is 14. The lowest BCUT2D eigenvalue weighted by molar-refractivity contribution is -0.141. The number of azo groups is 1. The number of amides is 6. The van der Waals surface area contributed by atoms with E-state index in [-0.39, 0.29) is 73.3 Å². The molecule has 2 aromatic carbocycles. The standard InChI is InChI=1S/C42H54N12O12S/c1-24(2)36-41(62)52-30(40(61)51-31(20-35(56)57)38(59)48-23-34(55)50-29(39(60)53-36)8-5-16-46-42(43)44)19-25-10-13-28(14-11-25)66-18-6-17-45-37(58)27-12-15-33(47-21-27)54-49-22-26-7-3-4-9-32(26)67(63,64)65/h3-4,7,9-15,21,24,29-31,36H,5-6,8,16-20,22-23H2,1-2H3,(H,45,58)(H,48,59)(H,50,55)(H,51,61)(H,52,62)(H,53,60)(H,56,57)(H4,43,44,46)(H,63,64,65)/t29?,30-,31?,36-/m1/s1. The molecule has 0 radical (unpaired) electrons. The van der Waals surface area contributed by atoms with Crippen molar-refractivity contribution in [3.63, 3.8) is 0 Å². The molecule has 4 atom stereocenters. The summed E-state index contributed by atoms with van der Waals surface area (Å²) in [6, 6.07) is 9.87. The van der Waals surface area contributed by atoms with Gasteiger partial charge >= 0.3 is 5.97 Å².